The van der Waals surface area contributed by atoms with Crippen LogP contribution >= 0.6 is 11.8 Å². The standard InChI is InChI=1S/C16H22N3O2S/c1-4-19(3,5-2)10-11-22-16(18-21)15(20)14-8-6-13(12-17)7-9-14/h6-9,16H,4-5,10-11H2,1-3H3/q+1. The van der Waals surface area contributed by atoms with Crippen molar-refractivity contribution in [3.63, 3.8) is 0 Å². The molecule has 0 N–H and O–H groups in total. The number of hydrogen-bond donors (Lipinski definition) is 0. The van der Waals surface area contributed by atoms with Crippen LogP contribution in [0.4, 0.5) is 0 Å². The Balaban J connectivity index is 2.65. The second-order valence-corrected chi connectivity index (χ2v) is 6.55. The zero-order valence-corrected chi connectivity index (χ0v) is 14.1. The highest BCUT2D eigenvalue weighted by atomic mass is 32.2. The minimum absolute atomic E-state index is 0.299. The molecule has 0 aliphatic rings. The number of Topliss-reactive ketones (excluding diaryl/α,β-unsaturated/α-hetero) is 1. The van der Waals surface area contributed by atoms with Crippen molar-refractivity contribution in [3.05, 3.63) is 40.3 Å². The molecule has 0 amide bonds. The Hall–Kier alpha value is -1.71. The van der Waals surface area contributed by atoms with Gasteiger partial charge >= 0.3 is 0 Å². The summed E-state index contributed by atoms with van der Waals surface area (Å²) < 4.78 is 0.906. The van der Waals surface area contributed by atoms with E-state index in [1.165, 1.54) is 11.8 Å². The lowest BCUT2D eigenvalue weighted by Gasteiger charge is -2.32. The van der Waals surface area contributed by atoms with Gasteiger partial charge in [-0.25, -0.2) is 0 Å². The highest BCUT2D eigenvalue weighted by Crippen LogP contribution is 2.19. The first-order chi connectivity index (χ1) is 10.5. The summed E-state index contributed by atoms with van der Waals surface area (Å²) in [6.07, 6.45) is 0. The lowest BCUT2D eigenvalue weighted by molar-refractivity contribution is -0.903. The SMILES string of the molecule is CC[N+](C)(CC)CCSC(N=O)C(=O)c1ccc(C#N)cc1. The number of benzene rings is 1. The van der Waals surface area contributed by atoms with Crippen molar-refractivity contribution in [3.8, 4) is 6.07 Å². The molecule has 1 rings (SSSR count). The molecule has 0 saturated heterocycles. The van der Waals surface area contributed by atoms with Gasteiger partial charge in [-0.05, 0) is 43.3 Å². The molecule has 0 saturated carbocycles. The van der Waals surface area contributed by atoms with Crippen LogP contribution in [0.15, 0.2) is 29.4 Å². The van der Waals surface area contributed by atoms with Gasteiger partial charge in [-0.3, -0.25) is 4.79 Å². The zero-order valence-electron chi connectivity index (χ0n) is 13.3. The topological polar surface area (TPSA) is 70.3 Å². The third-order valence-electron chi connectivity index (χ3n) is 4.05. The number of carbonyl (C=O) groups excluding carboxylic acids is 1. The monoisotopic (exact) mass is 320 g/mol. The Kier molecular flexibility index (Phi) is 7.22. The molecule has 5 nitrogen and oxygen atoms in total. The van der Waals surface area contributed by atoms with E-state index in [0.717, 1.165) is 24.1 Å². The first-order valence-corrected chi connectivity index (χ1v) is 8.36. The number of quaternary nitrogens is 1. The second kappa shape index (κ2) is 8.66. The fourth-order valence-corrected chi connectivity index (χ4v) is 3.05. The molecular weight excluding hydrogens is 298 g/mol. The first kappa shape index (κ1) is 18.3. The minimum atomic E-state index is -0.921. The Morgan fingerprint density at radius 2 is 1.91 bits per heavy atom. The fraction of sp³-hybridized carbons (Fsp3) is 0.500. The smallest absolute Gasteiger partial charge is 0.201 e. The molecule has 0 bridgehead atoms. The number of nitrogens with zero attached hydrogens (tertiary/aromatic N) is 3. The summed E-state index contributed by atoms with van der Waals surface area (Å²) in [5, 5.41) is 10.8. The molecule has 0 aliphatic carbocycles. The van der Waals surface area contributed by atoms with Crippen LogP contribution < -0.4 is 0 Å². The largest absolute Gasteiger partial charge is 0.326 e. The van der Waals surface area contributed by atoms with E-state index in [-0.39, 0.29) is 5.78 Å². The third-order valence-corrected chi connectivity index (χ3v) is 5.09. The van der Waals surface area contributed by atoms with Gasteiger partial charge in [-0.15, -0.1) is 16.7 Å². The van der Waals surface area contributed by atoms with Crippen molar-refractivity contribution < 1.29 is 9.28 Å². The normalized spacial score (nSPS) is 12.5. The fourth-order valence-electron chi connectivity index (χ4n) is 1.93. The number of nitriles is 1. The highest BCUT2D eigenvalue weighted by Gasteiger charge is 2.23. The van der Waals surface area contributed by atoms with E-state index in [4.69, 9.17) is 5.26 Å². The van der Waals surface area contributed by atoms with E-state index in [9.17, 15) is 9.70 Å². The number of thioether (sulfide) groups is 1. The number of hydrogen-bond acceptors (Lipinski definition) is 5. The van der Waals surface area contributed by atoms with Crippen LogP contribution in [0.25, 0.3) is 0 Å². The Bertz CT molecular complexity index is 548. The number of nitroso groups, excluding NO2 is 1. The van der Waals surface area contributed by atoms with Gasteiger partial charge in [0.25, 0.3) is 0 Å². The summed E-state index contributed by atoms with van der Waals surface area (Å²) in [7, 11) is 2.16. The maximum atomic E-state index is 12.3. The van der Waals surface area contributed by atoms with E-state index in [1.54, 1.807) is 24.3 Å². The average Bonchev–Trinajstić information content (AvgIpc) is 2.58. The van der Waals surface area contributed by atoms with Crippen LogP contribution in [-0.2, 0) is 0 Å². The number of rotatable bonds is 9. The van der Waals surface area contributed by atoms with Gasteiger partial charge in [0, 0.05) is 11.3 Å². The lowest BCUT2D eigenvalue weighted by atomic mass is 10.1. The van der Waals surface area contributed by atoms with Gasteiger partial charge in [0.15, 0.2) is 0 Å². The van der Waals surface area contributed by atoms with Gasteiger partial charge in [-0.1, -0.05) is 0 Å². The maximum absolute atomic E-state index is 12.3. The molecule has 0 heterocycles. The third kappa shape index (κ3) is 4.93. The second-order valence-electron chi connectivity index (χ2n) is 5.36. The van der Waals surface area contributed by atoms with Gasteiger partial charge in [-0.2, -0.15) is 5.26 Å². The highest BCUT2D eigenvalue weighted by molar-refractivity contribution is 8.00. The van der Waals surface area contributed by atoms with E-state index >= 15 is 0 Å². The van der Waals surface area contributed by atoms with Crippen LogP contribution in [0.3, 0.4) is 0 Å². The number of carbonyl (C=O) groups is 1. The van der Waals surface area contributed by atoms with Crippen molar-refractivity contribution in [1.29, 1.82) is 5.26 Å². The van der Waals surface area contributed by atoms with Crippen LogP contribution in [0.5, 0.6) is 0 Å². The van der Waals surface area contributed by atoms with E-state index in [2.05, 4.69) is 26.1 Å². The summed E-state index contributed by atoms with van der Waals surface area (Å²) in [5.74, 6) is 0.406. The summed E-state index contributed by atoms with van der Waals surface area (Å²) in [6, 6.07) is 8.27. The molecule has 1 aromatic carbocycles. The molecule has 0 fully saturated rings. The predicted molar refractivity (Wildman–Crippen MR) is 89.7 cm³/mol. The quantitative estimate of drug-likeness (QED) is 0.398. The first-order valence-electron chi connectivity index (χ1n) is 7.31. The molecule has 118 valence electrons. The van der Waals surface area contributed by atoms with Crippen molar-refractivity contribution >= 4 is 17.5 Å². The van der Waals surface area contributed by atoms with Crippen LogP contribution in [0.2, 0.25) is 0 Å². The molecule has 6 heteroatoms. The van der Waals surface area contributed by atoms with E-state index < -0.39 is 5.37 Å². The lowest BCUT2D eigenvalue weighted by Crippen LogP contribution is -2.45. The van der Waals surface area contributed by atoms with Crippen LogP contribution in [0.1, 0.15) is 29.8 Å². The number of ketones is 1. The molecule has 1 atom stereocenters. The summed E-state index contributed by atoms with van der Waals surface area (Å²) >= 11 is 1.28. The predicted octanol–water partition coefficient (Wildman–Crippen LogP) is 3.05. The van der Waals surface area contributed by atoms with Crippen molar-refractivity contribution in [1.82, 2.24) is 0 Å². The minimum Gasteiger partial charge on any atom is -0.326 e. The molecular formula is C16H22N3O2S+. The molecule has 1 aromatic rings. The van der Waals surface area contributed by atoms with Gasteiger partial charge in [0.1, 0.15) is 0 Å². The van der Waals surface area contributed by atoms with Crippen molar-refractivity contribution in [2.45, 2.75) is 19.2 Å². The Morgan fingerprint density at radius 3 is 2.36 bits per heavy atom. The van der Waals surface area contributed by atoms with Gasteiger partial charge < -0.3 is 4.48 Å². The molecule has 0 aliphatic heterocycles. The summed E-state index contributed by atoms with van der Waals surface area (Å²) in [6.45, 7) is 7.18. The summed E-state index contributed by atoms with van der Waals surface area (Å²) in [4.78, 5) is 23.3. The Morgan fingerprint density at radius 1 is 1.32 bits per heavy atom. The molecule has 22 heavy (non-hydrogen) atoms. The van der Waals surface area contributed by atoms with Gasteiger partial charge in [0.05, 0.1) is 38.3 Å². The Labute approximate surface area is 135 Å². The molecule has 0 spiro atoms. The molecule has 1 unspecified atom stereocenters. The van der Waals surface area contributed by atoms with Crippen molar-refractivity contribution in [2.24, 2.45) is 5.18 Å². The molecule has 0 radical (unpaired) electrons. The molecule has 0 aromatic heterocycles. The van der Waals surface area contributed by atoms with Gasteiger partial charge in [0.2, 0.25) is 11.2 Å². The van der Waals surface area contributed by atoms with Crippen LogP contribution in [-0.4, -0.2) is 48.1 Å². The zero-order chi connectivity index (χ0) is 16.6. The van der Waals surface area contributed by atoms with E-state index in [1.807, 2.05) is 6.07 Å². The van der Waals surface area contributed by atoms with Crippen LogP contribution in [0, 0.1) is 16.2 Å². The van der Waals surface area contributed by atoms with E-state index in [0.29, 0.717) is 16.9 Å². The van der Waals surface area contributed by atoms with Crippen molar-refractivity contribution in [2.75, 3.05) is 32.4 Å². The summed E-state index contributed by atoms with van der Waals surface area (Å²) in [5.41, 5.74) is 0.901. The average molecular weight is 320 g/mol. The maximum Gasteiger partial charge on any atom is 0.201 e.